The fourth-order valence-corrected chi connectivity index (χ4v) is 4.09. The summed E-state index contributed by atoms with van der Waals surface area (Å²) in [6.07, 6.45) is -0.263. The monoisotopic (exact) mass is 450 g/mol. The number of aliphatic hydroxyl groups is 2. The van der Waals surface area contributed by atoms with E-state index in [1.54, 1.807) is 30.7 Å². The summed E-state index contributed by atoms with van der Waals surface area (Å²) in [6, 6.07) is 13.5. The average molecular weight is 450 g/mol. The van der Waals surface area contributed by atoms with E-state index < -0.39 is 24.5 Å². The Morgan fingerprint density at radius 3 is 2.39 bits per heavy atom. The van der Waals surface area contributed by atoms with Crippen molar-refractivity contribution in [1.29, 1.82) is 0 Å². The summed E-state index contributed by atoms with van der Waals surface area (Å²) in [5, 5.41) is 24.8. The summed E-state index contributed by atoms with van der Waals surface area (Å²) in [5.74, 6) is 0.894. The second-order valence-electron chi connectivity index (χ2n) is 7.94. The van der Waals surface area contributed by atoms with Gasteiger partial charge in [0.25, 0.3) is 0 Å². The van der Waals surface area contributed by atoms with Crippen LogP contribution in [0.3, 0.4) is 0 Å². The molecule has 170 valence electrons. The highest BCUT2D eigenvalue weighted by molar-refractivity contribution is 6.02. The predicted octanol–water partition coefficient (Wildman–Crippen LogP) is 3.63. The molecule has 0 saturated carbocycles. The number of aromatic nitrogens is 3. The zero-order valence-corrected chi connectivity index (χ0v) is 18.0. The SMILES string of the molecule is COc1ccc(-c2cn([C@@H]3O[C@H](C)[C@H](O)[C@@H]3O)c3ncnc(Nc4ccc(F)cc4)c23)cc1. The Kier molecular flexibility index (Phi) is 5.45. The number of benzene rings is 2. The van der Waals surface area contributed by atoms with E-state index in [9.17, 15) is 14.6 Å². The average Bonchev–Trinajstić information content (AvgIpc) is 3.34. The molecule has 8 nitrogen and oxygen atoms in total. The van der Waals surface area contributed by atoms with Crippen LogP contribution in [0.2, 0.25) is 0 Å². The van der Waals surface area contributed by atoms with Crippen LogP contribution in [0.4, 0.5) is 15.9 Å². The number of hydrogen-bond donors (Lipinski definition) is 3. The van der Waals surface area contributed by atoms with Crippen LogP contribution in [0.1, 0.15) is 13.2 Å². The molecule has 0 amide bonds. The maximum atomic E-state index is 13.4. The van der Waals surface area contributed by atoms with Gasteiger partial charge in [-0.1, -0.05) is 12.1 Å². The Morgan fingerprint density at radius 2 is 1.76 bits per heavy atom. The molecule has 1 aliphatic heterocycles. The number of fused-ring (bicyclic) bond motifs is 1. The molecule has 3 N–H and O–H groups in total. The van der Waals surface area contributed by atoms with Gasteiger partial charge in [-0.15, -0.1) is 0 Å². The van der Waals surface area contributed by atoms with Crippen LogP contribution in [0.15, 0.2) is 61.1 Å². The number of nitrogens with one attached hydrogen (secondary N) is 1. The first-order valence-electron chi connectivity index (χ1n) is 10.5. The third kappa shape index (κ3) is 3.80. The fraction of sp³-hybridized carbons (Fsp3) is 0.250. The van der Waals surface area contributed by atoms with Crippen molar-refractivity contribution >= 4 is 22.5 Å². The molecule has 2 aromatic heterocycles. The minimum atomic E-state index is -1.12. The number of anilines is 2. The Labute approximate surface area is 189 Å². The van der Waals surface area contributed by atoms with E-state index in [0.717, 1.165) is 16.9 Å². The van der Waals surface area contributed by atoms with Crippen LogP contribution in [-0.4, -0.2) is 50.2 Å². The number of halogens is 1. The van der Waals surface area contributed by atoms with Gasteiger partial charge >= 0.3 is 0 Å². The van der Waals surface area contributed by atoms with Crippen molar-refractivity contribution in [2.45, 2.75) is 31.5 Å². The number of rotatable bonds is 5. The van der Waals surface area contributed by atoms with E-state index in [2.05, 4.69) is 15.3 Å². The molecule has 3 heterocycles. The van der Waals surface area contributed by atoms with Gasteiger partial charge in [-0.05, 0) is 48.9 Å². The lowest BCUT2D eigenvalue weighted by molar-refractivity contribution is -0.0295. The normalized spacial score (nSPS) is 22.6. The highest BCUT2D eigenvalue weighted by Crippen LogP contribution is 2.39. The van der Waals surface area contributed by atoms with E-state index in [4.69, 9.17) is 9.47 Å². The molecule has 0 aliphatic carbocycles. The van der Waals surface area contributed by atoms with Gasteiger partial charge in [0, 0.05) is 17.4 Å². The van der Waals surface area contributed by atoms with Crippen molar-refractivity contribution < 1.29 is 24.1 Å². The van der Waals surface area contributed by atoms with Crippen LogP contribution in [0, 0.1) is 5.82 Å². The fourth-order valence-electron chi connectivity index (χ4n) is 4.09. The third-order valence-corrected chi connectivity index (χ3v) is 5.87. The molecule has 33 heavy (non-hydrogen) atoms. The highest BCUT2D eigenvalue weighted by Gasteiger charge is 2.42. The summed E-state index contributed by atoms with van der Waals surface area (Å²) < 4.78 is 26.2. The summed E-state index contributed by atoms with van der Waals surface area (Å²) in [5.41, 5.74) is 2.84. The largest absolute Gasteiger partial charge is 0.497 e. The van der Waals surface area contributed by atoms with Crippen LogP contribution < -0.4 is 10.1 Å². The molecular weight excluding hydrogens is 427 g/mol. The van der Waals surface area contributed by atoms with Gasteiger partial charge in [-0.3, -0.25) is 0 Å². The molecule has 2 aromatic carbocycles. The highest BCUT2D eigenvalue weighted by atomic mass is 19.1. The van der Waals surface area contributed by atoms with Crippen LogP contribution in [0.5, 0.6) is 5.75 Å². The number of aliphatic hydroxyl groups excluding tert-OH is 2. The lowest BCUT2D eigenvalue weighted by Gasteiger charge is -2.17. The minimum Gasteiger partial charge on any atom is -0.497 e. The van der Waals surface area contributed by atoms with Gasteiger partial charge < -0.3 is 29.6 Å². The standard InChI is InChI=1S/C24H23FN4O4/c1-13-20(30)21(31)24(33-13)29-11-18(14-3-9-17(32-2)10-4-14)19-22(26-12-27-23(19)29)28-16-7-5-15(25)6-8-16/h3-13,20-21,24,30-31H,1-2H3,(H,26,27,28)/t13-,20+,21+,24-/m1/s1. The third-order valence-electron chi connectivity index (χ3n) is 5.87. The second kappa shape index (κ2) is 8.43. The van der Waals surface area contributed by atoms with E-state index in [-0.39, 0.29) is 5.82 Å². The van der Waals surface area contributed by atoms with E-state index >= 15 is 0 Å². The van der Waals surface area contributed by atoms with Gasteiger partial charge in [-0.25, -0.2) is 14.4 Å². The first-order chi connectivity index (χ1) is 16.0. The van der Waals surface area contributed by atoms with Crippen LogP contribution >= 0.6 is 0 Å². The topological polar surface area (TPSA) is 102 Å². The summed E-state index contributed by atoms with van der Waals surface area (Å²) in [7, 11) is 1.60. The molecule has 1 fully saturated rings. The number of ether oxygens (including phenoxy) is 2. The molecule has 1 saturated heterocycles. The van der Waals surface area contributed by atoms with Crippen LogP contribution in [0.25, 0.3) is 22.2 Å². The summed E-state index contributed by atoms with van der Waals surface area (Å²) >= 11 is 0. The molecule has 5 rings (SSSR count). The first kappa shape index (κ1) is 21.3. The quantitative estimate of drug-likeness (QED) is 0.427. The molecule has 0 spiro atoms. The Morgan fingerprint density at radius 1 is 1.03 bits per heavy atom. The molecule has 0 unspecified atom stereocenters. The zero-order chi connectivity index (χ0) is 23.1. The van der Waals surface area contributed by atoms with Gasteiger partial charge in [0.1, 0.15) is 41.6 Å². The maximum Gasteiger partial charge on any atom is 0.164 e. The molecule has 0 radical (unpaired) electrons. The molecule has 4 atom stereocenters. The number of hydrogen-bond acceptors (Lipinski definition) is 7. The second-order valence-corrected chi connectivity index (χ2v) is 7.94. The smallest absolute Gasteiger partial charge is 0.164 e. The van der Waals surface area contributed by atoms with Gasteiger partial charge in [0.15, 0.2) is 6.23 Å². The molecule has 4 aromatic rings. The molecular formula is C24H23FN4O4. The first-order valence-corrected chi connectivity index (χ1v) is 10.5. The van der Waals surface area contributed by atoms with Crippen molar-refractivity contribution in [3.8, 4) is 16.9 Å². The van der Waals surface area contributed by atoms with E-state index in [1.807, 2.05) is 30.5 Å². The van der Waals surface area contributed by atoms with E-state index in [1.165, 1.54) is 18.5 Å². The number of methoxy groups -OCH3 is 1. The lowest BCUT2D eigenvalue weighted by Crippen LogP contribution is -2.30. The van der Waals surface area contributed by atoms with Crippen molar-refractivity contribution in [3.63, 3.8) is 0 Å². The Hall–Kier alpha value is -3.53. The van der Waals surface area contributed by atoms with Crippen LogP contribution in [-0.2, 0) is 4.74 Å². The molecule has 0 bridgehead atoms. The molecule has 1 aliphatic rings. The summed E-state index contributed by atoms with van der Waals surface area (Å²) in [4.78, 5) is 8.89. The predicted molar refractivity (Wildman–Crippen MR) is 121 cm³/mol. The van der Waals surface area contributed by atoms with Crippen molar-refractivity contribution in [1.82, 2.24) is 14.5 Å². The lowest BCUT2D eigenvalue weighted by atomic mass is 10.1. The molecule has 9 heteroatoms. The minimum absolute atomic E-state index is 0.335. The van der Waals surface area contributed by atoms with Gasteiger partial charge in [0.2, 0.25) is 0 Å². The Bertz CT molecular complexity index is 1280. The van der Waals surface area contributed by atoms with Crippen molar-refractivity contribution in [2.24, 2.45) is 0 Å². The van der Waals surface area contributed by atoms with E-state index in [0.29, 0.717) is 22.5 Å². The number of nitrogens with zero attached hydrogens (tertiary/aromatic N) is 3. The van der Waals surface area contributed by atoms with Crippen molar-refractivity contribution in [3.05, 3.63) is 66.9 Å². The van der Waals surface area contributed by atoms with Gasteiger partial charge in [-0.2, -0.15) is 0 Å². The Balaban J connectivity index is 1.68. The van der Waals surface area contributed by atoms with Gasteiger partial charge in [0.05, 0.1) is 18.6 Å². The zero-order valence-electron chi connectivity index (χ0n) is 18.0. The maximum absolute atomic E-state index is 13.4. The summed E-state index contributed by atoms with van der Waals surface area (Å²) in [6.45, 7) is 1.71. The van der Waals surface area contributed by atoms with Crippen molar-refractivity contribution in [2.75, 3.05) is 12.4 Å².